The van der Waals surface area contributed by atoms with Gasteiger partial charge in [-0.05, 0) is 106 Å². The number of fused-ring (bicyclic) bond motifs is 6. The van der Waals surface area contributed by atoms with Crippen LogP contribution in [0.25, 0.3) is 101 Å². The highest BCUT2D eigenvalue weighted by Crippen LogP contribution is 2.40. The molecule has 0 N–H and O–H groups in total. The van der Waals surface area contributed by atoms with Crippen LogP contribution in [0.1, 0.15) is 27.7 Å². The Bertz CT molecular complexity index is 3910. The molecule has 1 aliphatic rings. The van der Waals surface area contributed by atoms with Crippen LogP contribution in [-0.2, 0) is 9.31 Å². The van der Waals surface area contributed by atoms with Gasteiger partial charge in [-0.3, -0.25) is 19.1 Å². The van der Waals surface area contributed by atoms with E-state index in [-0.39, 0.29) is 0 Å². The standard InChI is InChI=1S/C33H29BN4O2.C27H17BrN4/c1-32(2)33(3,4)40-34(39-32)23-19-17-22(18-20-23)31-37-28-25-14-8-9-15-26(25)36-29(27-16-10-11-21-35-27)30(28)38(31)24-12-6-5-7-13-24;28-19-15-13-18(14-16-19)27-31-24-21-10-4-5-11-22(21)30-25(23-12-6-7-17-29-23)26(24)32(27)20-8-2-1-3-9-20/h5-21H,1-4H3;1-17H. The van der Waals surface area contributed by atoms with Crippen molar-refractivity contribution >= 4 is 72.4 Å². The van der Waals surface area contributed by atoms with E-state index in [2.05, 4.69) is 136 Å². The highest BCUT2D eigenvalue weighted by molar-refractivity contribution is 9.10. The maximum atomic E-state index is 6.29. The molecule has 6 aromatic heterocycles. The van der Waals surface area contributed by atoms with E-state index < -0.39 is 18.3 Å². The van der Waals surface area contributed by atoms with Gasteiger partial charge in [0.15, 0.2) is 0 Å². The first-order chi connectivity index (χ1) is 35.1. The minimum atomic E-state index is -0.420. The van der Waals surface area contributed by atoms with Crippen LogP contribution < -0.4 is 5.46 Å². The van der Waals surface area contributed by atoms with Crippen molar-refractivity contribution in [3.8, 4) is 56.9 Å². The number of nitrogens with zero attached hydrogens (tertiary/aromatic N) is 8. The van der Waals surface area contributed by atoms with Crippen LogP contribution in [0.5, 0.6) is 0 Å². The van der Waals surface area contributed by atoms with E-state index in [0.29, 0.717) is 0 Å². The largest absolute Gasteiger partial charge is 0.494 e. The van der Waals surface area contributed by atoms with E-state index in [4.69, 9.17) is 29.2 Å². The Balaban J connectivity index is 0.000000151. The van der Waals surface area contributed by atoms with Gasteiger partial charge >= 0.3 is 7.12 Å². The van der Waals surface area contributed by atoms with Gasteiger partial charge in [-0.2, -0.15) is 0 Å². The van der Waals surface area contributed by atoms with Gasteiger partial charge in [0.05, 0.1) is 33.6 Å². The van der Waals surface area contributed by atoms with Crippen LogP contribution in [0.2, 0.25) is 0 Å². The van der Waals surface area contributed by atoms with E-state index in [0.717, 1.165) is 111 Å². The van der Waals surface area contributed by atoms with Gasteiger partial charge < -0.3 is 9.31 Å². The molecular weight excluding hydrogens is 955 g/mol. The summed E-state index contributed by atoms with van der Waals surface area (Å²) < 4.78 is 18.0. The molecule has 0 atom stereocenters. The first-order valence-electron chi connectivity index (χ1n) is 23.9. The lowest BCUT2D eigenvalue weighted by molar-refractivity contribution is 0.00578. The lowest BCUT2D eigenvalue weighted by atomic mass is 9.79. The average molecular weight is 1000 g/mol. The Labute approximate surface area is 425 Å². The third-order valence-corrected chi connectivity index (χ3v) is 14.2. The monoisotopic (exact) mass is 1000 g/mol. The number of para-hydroxylation sites is 4. The highest BCUT2D eigenvalue weighted by atomic mass is 79.9. The Hall–Kier alpha value is -8.16. The summed E-state index contributed by atoms with van der Waals surface area (Å²) in [5, 5.41) is 2.03. The summed E-state index contributed by atoms with van der Waals surface area (Å²) in [6.45, 7) is 8.28. The molecule has 13 rings (SSSR count). The summed E-state index contributed by atoms with van der Waals surface area (Å²) in [7, 11) is -0.420. The number of aromatic nitrogens is 8. The van der Waals surface area contributed by atoms with Gasteiger partial charge in [0.2, 0.25) is 0 Å². The number of hydrogen-bond acceptors (Lipinski definition) is 8. The number of imidazole rings is 2. The third kappa shape index (κ3) is 8.03. The molecule has 12 aromatic rings. The maximum absolute atomic E-state index is 6.29. The fraction of sp³-hybridized carbons (Fsp3) is 0.100. The zero-order chi connectivity index (χ0) is 49.0. The van der Waals surface area contributed by atoms with E-state index in [9.17, 15) is 0 Å². The second-order valence-corrected chi connectivity index (χ2v) is 19.6. The quantitative estimate of drug-likeness (QED) is 0.145. The van der Waals surface area contributed by atoms with E-state index >= 15 is 0 Å². The molecule has 1 saturated heterocycles. The predicted molar refractivity (Wildman–Crippen MR) is 293 cm³/mol. The first-order valence-corrected chi connectivity index (χ1v) is 24.7. The molecule has 0 saturated carbocycles. The maximum Gasteiger partial charge on any atom is 0.494 e. The van der Waals surface area contributed by atoms with Crippen molar-refractivity contribution in [2.24, 2.45) is 0 Å². The van der Waals surface area contributed by atoms with Crippen molar-refractivity contribution in [2.45, 2.75) is 38.9 Å². The van der Waals surface area contributed by atoms with E-state index in [1.54, 1.807) is 12.4 Å². The summed E-state index contributed by atoms with van der Waals surface area (Å²) in [6, 6.07) is 65.3. The zero-order valence-electron chi connectivity index (χ0n) is 40.0. The normalized spacial score (nSPS) is 14.0. The summed E-state index contributed by atoms with van der Waals surface area (Å²) >= 11 is 3.55. The molecule has 0 aliphatic carbocycles. The zero-order valence-corrected chi connectivity index (χ0v) is 41.6. The molecule has 0 radical (unpaired) electrons. The first kappa shape index (κ1) is 45.0. The molecule has 0 spiro atoms. The molecule has 12 heteroatoms. The fourth-order valence-corrected chi connectivity index (χ4v) is 9.58. The van der Waals surface area contributed by atoms with Crippen molar-refractivity contribution in [1.29, 1.82) is 0 Å². The Morgan fingerprint density at radius 1 is 0.431 bits per heavy atom. The highest BCUT2D eigenvalue weighted by Gasteiger charge is 2.51. The molecule has 0 amide bonds. The molecular formula is C60H46BBrN8O2. The molecule has 10 nitrogen and oxygen atoms in total. The molecule has 0 unspecified atom stereocenters. The van der Waals surface area contributed by atoms with Crippen molar-refractivity contribution in [3.63, 3.8) is 0 Å². The minimum Gasteiger partial charge on any atom is -0.399 e. The van der Waals surface area contributed by atoms with Gasteiger partial charge in [0, 0.05) is 50.1 Å². The van der Waals surface area contributed by atoms with E-state index in [1.165, 1.54) is 0 Å². The predicted octanol–water partition coefficient (Wildman–Crippen LogP) is 13.7. The Kier molecular flexibility index (Phi) is 11.4. The third-order valence-electron chi connectivity index (χ3n) is 13.6. The van der Waals surface area contributed by atoms with Crippen LogP contribution >= 0.6 is 15.9 Å². The molecule has 7 heterocycles. The van der Waals surface area contributed by atoms with Crippen molar-refractivity contribution in [1.82, 2.24) is 39.0 Å². The molecule has 6 aromatic carbocycles. The summed E-state index contributed by atoms with van der Waals surface area (Å²) in [5.74, 6) is 1.70. The van der Waals surface area contributed by atoms with Crippen LogP contribution in [0.3, 0.4) is 0 Å². The number of benzene rings is 6. The van der Waals surface area contributed by atoms with Crippen LogP contribution in [0, 0.1) is 0 Å². The van der Waals surface area contributed by atoms with Crippen LogP contribution in [0.15, 0.2) is 211 Å². The fourth-order valence-electron chi connectivity index (χ4n) is 9.32. The van der Waals surface area contributed by atoms with E-state index in [1.807, 2.05) is 121 Å². The van der Waals surface area contributed by atoms with Crippen LogP contribution in [0.4, 0.5) is 0 Å². The molecule has 1 aliphatic heterocycles. The lowest BCUT2D eigenvalue weighted by Gasteiger charge is -2.32. The van der Waals surface area contributed by atoms with Gasteiger partial charge in [0.1, 0.15) is 45.1 Å². The minimum absolute atomic E-state index is 0.395. The molecule has 72 heavy (non-hydrogen) atoms. The summed E-state index contributed by atoms with van der Waals surface area (Å²) in [6.07, 6.45) is 3.60. The SMILES string of the molecule is Brc1ccc(-c2nc3c4ccccc4nc(-c4ccccn4)c3n2-c2ccccc2)cc1.CC1(C)OB(c2ccc(-c3nc4c5ccccc5nc(-c5ccccn5)c4n3-c3ccccc3)cc2)OC1(C)C. The summed E-state index contributed by atoms with van der Waals surface area (Å²) in [4.78, 5) is 29.9. The van der Waals surface area contributed by atoms with Gasteiger partial charge in [-0.25, -0.2) is 19.9 Å². The van der Waals surface area contributed by atoms with Crippen LogP contribution in [-0.4, -0.2) is 57.4 Å². The second kappa shape index (κ2) is 18.2. The van der Waals surface area contributed by atoms with Gasteiger partial charge in [-0.15, -0.1) is 0 Å². The van der Waals surface area contributed by atoms with Gasteiger partial charge in [-0.1, -0.05) is 137 Å². The summed E-state index contributed by atoms with van der Waals surface area (Å²) in [5.41, 5.74) is 12.9. The smallest absolute Gasteiger partial charge is 0.399 e. The second-order valence-electron chi connectivity index (χ2n) is 18.7. The number of pyridine rings is 4. The number of rotatable bonds is 7. The lowest BCUT2D eigenvalue weighted by Crippen LogP contribution is -2.41. The molecule has 0 bridgehead atoms. The molecule has 348 valence electrons. The number of hydrogen-bond donors (Lipinski definition) is 0. The Morgan fingerprint density at radius 3 is 1.26 bits per heavy atom. The number of halogens is 1. The van der Waals surface area contributed by atoms with Crippen molar-refractivity contribution in [2.75, 3.05) is 0 Å². The topological polar surface area (TPSA) is 106 Å². The average Bonchev–Trinajstić information content (AvgIpc) is 4.09. The Morgan fingerprint density at radius 2 is 0.833 bits per heavy atom. The molecule has 1 fully saturated rings. The van der Waals surface area contributed by atoms with Gasteiger partial charge in [0.25, 0.3) is 0 Å². The van der Waals surface area contributed by atoms with Crippen molar-refractivity contribution < 1.29 is 9.31 Å². The van der Waals surface area contributed by atoms with Crippen molar-refractivity contribution in [3.05, 3.63) is 211 Å².